The number of likely N-dealkylation sites (tertiary alicyclic amines) is 1. The van der Waals surface area contributed by atoms with E-state index < -0.39 is 17.6 Å². The zero-order valence-corrected chi connectivity index (χ0v) is 20.7. The summed E-state index contributed by atoms with van der Waals surface area (Å²) >= 11 is 0. The Morgan fingerprint density at radius 2 is 1.91 bits per heavy atom. The van der Waals surface area contributed by atoms with Crippen molar-refractivity contribution < 1.29 is 19.8 Å². The molecule has 8 heteroatoms. The van der Waals surface area contributed by atoms with Crippen LogP contribution >= 0.6 is 0 Å². The second-order valence-electron chi connectivity index (χ2n) is 10.6. The number of aromatic nitrogens is 2. The van der Waals surface area contributed by atoms with Crippen LogP contribution in [0.25, 0.3) is 11.0 Å². The molecule has 0 aliphatic carbocycles. The van der Waals surface area contributed by atoms with Gasteiger partial charge in [0.2, 0.25) is 0 Å². The second kappa shape index (κ2) is 9.71. The van der Waals surface area contributed by atoms with Crippen molar-refractivity contribution in [3.8, 4) is 0 Å². The molecule has 0 saturated carbocycles. The molecule has 8 nitrogen and oxygen atoms in total. The maximum absolute atomic E-state index is 14.1. The first-order chi connectivity index (χ1) is 15.5. The number of nitrogens with zero attached hydrogens (tertiary/aromatic N) is 4. The third kappa shape index (κ3) is 5.00. The van der Waals surface area contributed by atoms with E-state index in [1.165, 1.54) is 4.90 Å². The number of hydrogen-bond acceptors (Lipinski definition) is 4. The first-order valence-electron chi connectivity index (χ1n) is 11.9. The van der Waals surface area contributed by atoms with Gasteiger partial charge >= 0.3 is 6.09 Å². The molecular weight excluding hydrogens is 420 g/mol. The van der Waals surface area contributed by atoms with Crippen LogP contribution in [0.15, 0.2) is 24.3 Å². The number of aliphatic hydroxyl groups excluding tert-OH is 1. The van der Waals surface area contributed by atoms with E-state index in [4.69, 9.17) is 0 Å². The van der Waals surface area contributed by atoms with Gasteiger partial charge in [0, 0.05) is 32.2 Å². The Balaban J connectivity index is 2.13. The van der Waals surface area contributed by atoms with Gasteiger partial charge in [-0.15, -0.1) is 0 Å². The third-order valence-electron chi connectivity index (χ3n) is 6.51. The maximum Gasteiger partial charge on any atom is 0.407 e. The number of para-hydroxylation sites is 2. The van der Waals surface area contributed by atoms with Gasteiger partial charge in [0.25, 0.3) is 5.91 Å². The first kappa shape index (κ1) is 25.0. The molecule has 2 amide bonds. The third-order valence-corrected chi connectivity index (χ3v) is 6.51. The summed E-state index contributed by atoms with van der Waals surface area (Å²) in [4.78, 5) is 34.3. The summed E-state index contributed by atoms with van der Waals surface area (Å²) in [5.41, 5.74) is 1.28. The van der Waals surface area contributed by atoms with Gasteiger partial charge < -0.3 is 24.6 Å². The van der Waals surface area contributed by atoms with Crippen molar-refractivity contribution in [2.24, 2.45) is 17.3 Å². The SMILES string of the molecule is CCn1c(C(=O)N(CC(C)C)[C@H]2C[C@@H](CO)CN(C(=O)O)C2C(C)(C)C)nc2ccccc21. The molecule has 3 rings (SSSR count). The second-order valence-corrected chi connectivity index (χ2v) is 10.6. The summed E-state index contributed by atoms with van der Waals surface area (Å²) in [5.74, 6) is 0.142. The van der Waals surface area contributed by atoms with E-state index in [0.29, 0.717) is 25.3 Å². The van der Waals surface area contributed by atoms with Gasteiger partial charge in [-0.25, -0.2) is 9.78 Å². The largest absolute Gasteiger partial charge is 0.465 e. The molecule has 0 radical (unpaired) electrons. The summed E-state index contributed by atoms with van der Waals surface area (Å²) in [7, 11) is 0. The summed E-state index contributed by atoms with van der Waals surface area (Å²) in [6, 6.07) is 6.93. The van der Waals surface area contributed by atoms with E-state index in [1.807, 2.05) is 61.4 Å². The van der Waals surface area contributed by atoms with Gasteiger partial charge in [-0.05, 0) is 36.8 Å². The van der Waals surface area contributed by atoms with Gasteiger partial charge in [0.1, 0.15) is 0 Å². The molecule has 1 aromatic heterocycles. The molecule has 0 bridgehead atoms. The number of carbonyl (C=O) groups is 2. The molecule has 182 valence electrons. The van der Waals surface area contributed by atoms with Crippen molar-refractivity contribution >= 4 is 23.0 Å². The highest BCUT2D eigenvalue weighted by atomic mass is 16.4. The van der Waals surface area contributed by atoms with Gasteiger partial charge in [-0.1, -0.05) is 46.8 Å². The lowest BCUT2D eigenvalue weighted by atomic mass is 9.74. The van der Waals surface area contributed by atoms with Gasteiger partial charge in [-0.2, -0.15) is 0 Å². The lowest BCUT2D eigenvalue weighted by molar-refractivity contribution is -0.0321. The summed E-state index contributed by atoms with van der Waals surface area (Å²) in [6.07, 6.45) is -0.469. The quantitative estimate of drug-likeness (QED) is 0.683. The summed E-state index contributed by atoms with van der Waals surface area (Å²) in [6.45, 7) is 13.4. The minimum Gasteiger partial charge on any atom is -0.465 e. The number of imidazole rings is 1. The molecule has 1 aromatic carbocycles. The first-order valence-corrected chi connectivity index (χ1v) is 11.9. The molecule has 1 aliphatic heterocycles. The molecule has 2 aromatic rings. The molecule has 33 heavy (non-hydrogen) atoms. The molecule has 1 saturated heterocycles. The van der Waals surface area contributed by atoms with Crippen LogP contribution in [0.4, 0.5) is 4.79 Å². The predicted octanol–water partition coefficient (Wildman–Crippen LogP) is 3.93. The molecule has 3 atom stereocenters. The number of hydrogen-bond donors (Lipinski definition) is 2. The zero-order valence-electron chi connectivity index (χ0n) is 20.7. The van der Waals surface area contributed by atoms with E-state index >= 15 is 0 Å². The smallest absolute Gasteiger partial charge is 0.407 e. The number of piperidine rings is 1. The van der Waals surface area contributed by atoms with Crippen LogP contribution < -0.4 is 0 Å². The van der Waals surface area contributed by atoms with E-state index in [0.717, 1.165) is 11.0 Å². The highest BCUT2D eigenvalue weighted by Gasteiger charge is 2.48. The minimum absolute atomic E-state index is 0.117. The number of carboxylic acid groups (broad SMARTS) is 1. The van der Waals surface area contributed by atoms with Crippen LogP contribution in [-0.4, -0.2) is 73.3 Å². The number of fused-ring (bicyclic) bond motifs is 1. The monoisotopic (exact) mass is 458 g/mol. The van der Waals surface area contributed by atoms with Gasteiger partial charge in [0.05, 0.1) is 23.1 Å². The highest BCUT2D eigenvalue weighted by Crippen LogP contribution is 2.37. The van der Waals surface area contributed by atoms with Crippen LogP contribution in [0, 0.1) is 17.3 Å². The van der Waals surface area contributed by atoms with Gasteiger partial charge in [0.15, 0.2) is 5.82 Å². The number of benzene rings is 1. The number of rotatable bonds is 6. The van der Waals surface area contributed by atoms with Crippen molar-refractivity contribution in [2.75, 3.05) is 19.7 Å². The highest BCUT2D eigenvalue weighted by molar-refractivity contribution is 5.95. The van der Waals surface area contributed by atoms with Crippen molar-refractivity contribution in [1.29, 1.82) is 0 Å². The molecule has 1 fully saturated rings. The van der Waals surface area contributed by atoms with Crippen LogP contribution in [0.5, 0.6) is 0 Å². The Bertz CT molecular complexity index is 994. The average Bonchev–Trinajstić information content (AvgIpc) is 3.13. The predicted molar refractivity (Wildman–Crippen MR) is 128 cm³/mol. The Morgan fingerprint density at radius 1 is 1.24 bits per heavy atom. The van der Waals surface area contributed by atoms with Crippen LogP contribution in [0.1, 0.15) is 58.6 Å². The fourth-order valence-corrected chi connectivity index (χ4v) is 5.27. The van der Waals surface area contributed by atoms with E-state index in [-0.39, 0.29) is 36.9 Å². The number of aryl methyl sites for hydroxylation is 1. The Morgan fingerprint density at radius 3 is 2.45 bits per heavy atom. The van der Waals surface area contributed by atoms with E-state index in [1.54, 1.807) is 0 Å². The number of amides is 2. The summed E-state index contributed by atoms with van der Waals surface area (Å²) in [5, 5.41) is 20.0. The fraction of sp³-hybridized carbons (Fsp3) is 0.640. The lowest BCUT2D eigenvalue weighted by Crippen LogP contribution is -2.65. The average molecular weight is 459 g/mol. The molecule has 2 heterocycles. The molecule has 2 N–H and O–H groups in total. The zero-order chi connectivity index (χ0) is 24.5. The molecule has 0 spiro atoms. The van der Waals surface area contributed by atoms with Crippen molar-refractivity contribution in [1.82, 2.24) is 19.4 Å². The molecule has 1 aliphatic rings. The normalized spacial score (nSPS) is 21.6. The van der Waals surface area contributed by atoms with Crippen LogP contribution in [0.2, 0.25) is 0 Å². The van der Waals surface area contributed by atoms with E-state index in [2.05, 4.69) is 18.8 Å². The lowest BCUT2D eigenvalue weighted by Gasteiger charge is -2.52. The Labute approximate surface area is 196 Å². The van der Waals surface area contributed by atoms with Crippen molar-refractivity contribution in [3.63, 3.8) is 0 Å². The summed E-state index contributed by atoms with van der Waals surface area (Å²) < 4.78 is 1.93. The van der Waals surface area contributed by atoms with Crippen molar-refractivity contribution in [2.45, 2.75) is 66.6 Å². The number of aliphatic hydroxyl groups is 1. The Kier molecular flexibility index (Phi) is 7.36. The number of carbonyl (C=O) groups excluding carboxylic acids is 1. The van der Waals surface area contributed by atoms with Gasteiger partial charge in [-0.3, -0.25) is 4.79 Å². The Hall–Kier alpha value is -2.61. The molecular formula is C25H38N4O4. The minimum atomic E-state index is -1.02. The fourth-order valence-electron chi connectivity index (χ4n) is 5.27. The van der Waals surface area contributed by atoms with E-state index in [9.17, 15) is 19.8 Å². The van der Waals surface area contributed by atoms with Crippen molar-refractivity contribution in [3.05, 3.63) is 30.1 Å². The topological polar surface area (TPSA) is 98.9 Å². The molecule has 1 unspecified atom stereocenters. The maximum atomic E-state index is 14.1. The van der Waals surface area contributed by atoms with Crippen LogP contribution in [-0.2, 0) is 6.54 Å². The standard InChI is InChI=1S/C25H38N4O4/c1-7-27-19-11-9-8-10-18(19)26-22(27)23(31)28(13-16(2)3)20-12-17(15-30)14-29(24(32)33)21(20)25(4,5)6/h8-11,16-17,20-21,30H,7,12-15H2,1-6H3,(H,32,33)/t17-,20+,21?/m1/s1. The van der Waals surface area contributed by atoms with Crippen LogP contribution in [0.3, 0.4) is 0 Å².